The lowest BCUT2D eigenvalue weighted by atomic mass is 9.97. The summed E-state index contributed by atoms with van der Waals surface area (Å²) in [7, 11) is 0. The van der Waals surface area contributed by atoms with Crippen molar-refractivity contribution in [1.29, 1.82) is 0 Å². The maximum absolute atomic E-state index is 13.0. The number of aliphatic hydroxyl groups is 1. The molecule has 1 unspecified atom stereocenters. The molecule has 2 rings (SSSR count). The van der Waals surface area contributed by atoms with E-state index in [9.17, 15) is 14.3 Å². The first-order chi connectivity index (χ1) is 9.03. The molecule has 2 amide bonds. The van der Waals surface area contributed by atoms with Gasteiger partial charge in [0.15, 0.2) is 0 Å². The van der Waals surface area contributed by atoms with Crippen LogP contribution in [0.1, 0.15) is 25.3 Å². The Morgan fingerprint density at radius 1 is 1.53 bits per heavy atom. The Labute approximate surface area is 112 Å². The van der Waals surface area contributed by atoms with Crippen molar-refractivity contribution in [1.82, 2.24) is 10.6 Å². The average Bonchev–Trinajstić information content (AvgIpc) is 3.21. The van der Waals surface area contributed by atoms with Gasteiger partial charge in [0.2, 0.25) is 0 Å². The molecule has 0 heterocycles. The van der Waals surface area contributed by atoms with Gasteiger partial charge in [0.25, 0.3) is 0 Å². The first-order valence-corrected chi connectivity index (χ1v) is 6.45. The van der Waals surface area contributed by atoms with Gasteiger partial charge in [-0.25, -0.2) is 9.18 Å². The van der Waals surface area contributed by atoms with Gasteiger partial charge in [0.05, 0.1) is 12.1 Å². The average molecular weight is 266 g/mol. The number of hydrogen-bond acceptors (Lipinski definition) is 2. The van der Waals surface area contributed by atoms with E-state index in [1.165, 1.54) is 12.1 Å². The Hall–Kier alpha value is -1.62. The molecule has 0 radical (unpaired) electrons. The SMILES string of the molecule is CC(CO)(NC(=O)NCc1cccc(F)c1)C1CC1. The van der Waals surface area contributed by atoms with Crippen molar-refractivity contribution in [3.8, 4) is 0 Å². The fourth-order valence-corrected chi connectivity index (χ4v) is 2.12. The van der Waals surface area contributed by atoms with Crippen LogP contribution < -0.4 is 10.6 Å². The van der Waals surface area contributed by atoms with Crippen LogP contribution in [0.2, 0.25) is 0 Å². The summed E-state index contributed by atoms with van der Waals surface area (Å²) in [6.45, 7) is 2.02. The van der Waals surface area contributed by atoms with Crippen LogP contribution >= 0.6 is 0 Å². The summed E-state index contributed by atoms with van der Waals surface area (Å²) in [5.41, 5.74) is 0.138. The van der Waals surface area contributed by atoms with Gasteiger partial charge < -0.3 is 15.7 Å². The number of amides is 2. The van der Waals surface area contributed by atoms with E-state index < -0.39 is 5.54 Å². The smallest absolute Gasteiger partial charge is 0.315 e. The lowest BCUT2D eigenvalue weighted by Gasteiger charge is -2.28. The zero-order valence-electron chi connectivity index (χ0n) is 10.9. The molecule has 104 valence electrons. The number of benzene rings is 1. The van der Waals surface area contributed by atoms with Crippen LogP contribution in [0.15, 0.2) is 24.3 Å². The summed E-state index contributed by atoms with van der Waals surface area (Å²) < 4.78 is 13.0. The summed E-state index contributed by atoms with van der Waals surface area (Å²) >= 11 is 0. The van der Waals surface area contributed by atoms with E-state index in [-0.39, 0.29) is 25.0 Å². The fraction of sp³-hybridized carbons (Fsp3) is 0.500. The minimum atomic E-state index is -0.563. The van der Waals surface area contributed by atoms with Crippen LogP contribution in [-0.2, 0) is 6.54 Å². The lowest BCUT2D eigenvalue weighted by molar-refractivity contribution is 0.155. The molecule has 1 fully saturated rings. The quantitative estimate of drug-likeness (QED) is 0.761. The third kappa shape index (κ3) is 3.67. The Bertz CT molecular complexity index is 463. The zero-order chi connectivity index (χ0) is 13.9. The number of urea groups is 1. The highest BCUT2D eigenvalue weighted by Crippen LogP contribution is 2.39. The molecule has 1 aromatic carbocycles. The third-order valence-corrected chi connectivity index (χ3v) is 3.55. The van der Waals surface area contributed by atoms with Crippen LogP contribution in [0.25, 0.3) is 0 Å². The number of carbonyl (C=O) groups is 1. The number of aliphatic hydroxyl groups excluding tert-OH is 1. The summed E-state index contributed by atoms with van der Waals surface area (Å²) in [6.07, 6.45) is 2.06. The van der Waals surface area contributed by atoms with Crippen molar-refractivity contribution in [3.05, 3.63) is 35.6 Å². The lowest BCUT2D eigenvalue weighted by Crippen LogP contribution is -2.53. The van der Waals surface area contributed by atoms with Gasteiger partial charge in [-0.1, -0.05) is 12.1 Å². The van der Waals surface area contributed by atoms with Crippen molar-refractivity contribution >= 4 is 6.03 Å². The molecule has 19 heavy (non-hydrogen) atoms. The van der Waals surface area contributed by atoms with Crippen LogP contribution in [0.3, 0.4) is 0 Å². The second-order valence-electron chi connectivity index (χ2n) is 5.29. The van der Waals surface area contributed by atoms with Gasteiger partial charge in [0, 0.05) is 6.54 Å². The van der Waals surface area contributed by atoms with Gasteiger partial charge in [-0.2, -0.15) is 0 Å². The van der Waals surface area contributed by atoms with E-state index in [0.717, 1.165) is 12.8 Å². The molecule has 0 aliphatic heterocycles. The number of carbonyl (C=O) groups excluding carboxylic acids is 1. The molecule has 5 heteroatoms. The molecule has 1 aliphatic rings. The molecule has 1 saturated carbocycles. The van der Waals surface area contributed by atoms with Crippen molar-refractivity contribution < 1.29 is 14.3 Å². The molecular formula is C14H19FN2O2. The fourth-order valence-electron chi connectivity index (χ4n) is 2.12. The van der Waals surface area contributed by atoms with Crippen LogP contribution in [0.4, 0.5) is 9.18 Å². The molecule has 4 nitrogen and oxygen atoms in total. The van der Waals surface area contributed by atoms with Gasteiger partial charge in [-0.05, 0) is 43.4 Å². The monoisotopic (exact) mass is 266 g/mol. The van der Waals surface area contributed by atoms with Crippen molar-refractivity contribution in [2.75, 3.05) is 6.61 Å². The predicted molar refractivity (Wildman–Crippen MR) is 70.0 cm³/mol. The summed E-state index contributed by atoms with van der Waals surface area (Å²) in [6, 6.07) is 5.75. The van der Waals surface area contributed by atoms with Gasteiger partial charge in [-0.3, -0.25) is 0 Å². The Morgan fingerprint density at radius 2 is 2.26 bits per heavy atom. The van der Waals surface area contributed by atoms with E-state index in [1.807, 2.05) is 6.92 Å². The van der Waals surface area contributed by atoms with Crippen LogP contribution in [0, 0.1) is 11.7 Å². The van der Waals surface area contributed by atoms with Crippen molar-refractivity contribution in [2.24, 2.45) is 5.92 Å². The first-order valence-electron chi connectivity index (χ1n) is 6.45. The van der Waals surface area contributed by atoms with Gasteiger partial charge >= 0.3 is 6.03 Å². The summed E-state index contributed by atoms with van der Waals surface area (Å²) in [4.78, 5) is 11.8. The number of rotatable bonds is 5. The van der Waals surface area contributed by atoms with E-state index in [1.54, 1.807) is 12.1 Å². The van der Waals surface area contributed by atoms with E-state index in [4.69, 9.17) is 0 Å². The topological polar surface area (TPSA) is 61.4 Å². The highest BCUT2D eigenvalue weighted by Gasteiger charge is 2.42. The highest BCUT2D eigenvalue weighted by atomic mass is 19.1. The molecule has 0 spiro atoms. The zero-order valence-corrected chi connectivity index (χ0v) is 10.9. The first kappa shape index (κ1) is 13.8. The molecular weight excluding hydrogens is 247 g/mol. The Balaban J connectivity index is 1.84. The van der Waals surface area contributed by atoms with E-state index >= 15 is 0 Å². The second-order valence-corrected chi connectivity index (χ2v) is 5.29. The predicted octanol–water partition coefficient (Wildman–Crippen LogP) is 1.79. The van der Waals surface area contributed by atoms with Crippen LogP contribution in [0.5, 0.6) is 0 Å². The molecule has 0 bridgehead atoms. The molecule has 0 saturated heterocycles. The largest absolute Gasteiger partial charge is 0.394 e. The molecule has 0 aromatic heterocycles. The Morgan fingerprint density at radius 3 is 2.84 bits per heavy atom. The standard InChI is InChI=1S/C14H19FN2O2/c1-14(9-18,11-5-6-11)17-13(19)16-8-10-3-2-4-12(15)7-10/h2-4,7,11,18H,5-6,8-9H2,1H3,(H2,16,17,19). The Kier molecular flexibility index (Phi) is 4.04. The summed E-state index contributed by atoms with van der Waals surface area (Å²) in [5, 5.41) is 14.8. The maximum Gasteiger partial charge on any atom is 0.315 e. The molecule has 1 aromatic rings. The second kappa shape index (κ2) is 5.57. The maximum atomic E-state index is 13.0. The molecule has 1 atom stereocenters. The highest BCUT2D eigenvalue weighted by molar-refractivity contribution is 5.74. The van der Waals surface area contributed by atoms with Crippen molar-refractivity contribution in [2.45, 2.75) is 31.8 Å². The number of hydrogen-bond donors (Lipinski definition) is 3. The van der Waals surface area contributed by atoms with E-state index in [0.29, 0.717) is 11.5 Å². The minimum absolute atomic E-state index is 0.0783. The van der Waals surface area contributed by atoms with Crippen LogP contribution in [-0.4, -0.2) is 23.3 Å². The van der Waals surface area contributed by atoms with Gasteiger partial charge in [0.1, 0.15) is 5.82 Å². The van der Waals surface area contributed by atoms with E-state index in [2.05, 4.69) is 10.6 Å². The minimum Gasteiger partial charge on any atom is -0.394 e. The van der Waals surface area contributed by atoms with Gasteiger partial charge in [-0.15, -0.1) is 0 Å². The molecule has 1 aliphatic carbocycles. The number of nitrogens with one attached hydrogen (secondary N) is 2. The summed E-state index contributed by atoms with van der Waals surface area (Å²) in [5.74, 6) is 0.0234. The third-order valence-electron chi connectivity index (χ3n) is 3.55. The normalized spacial score (nSPS) is 17.6. The molecule has 3 N–H and O–H groups in total. The van der Waals surface area contributed by atoms with Crippen molar-refractivity contribution in [3.63, 3.8) is 0 Å². The number of halogens is 1.